The lowest BCUT2D eigenvalue weighted by atomic mass is 10.1. The molecule has 0 radical (unpaired) electrons. The number of likely N-dealkylation sites (tertiary alicyclic amines) is 1. The van der Waals surface area contributed by atoms with Gasteiger partial charge in [0.2, 0.25) is 5.91 Å². The van der Waals surface area contributed by atoms with Crippen LogP contribution in [0.15, 0.2) is 52.3 Å². The zero-order chi connectivity index (χ0) is 18.4. The molecule has 3 nitrogen and oxygen atoms in total. The molecule has 2 aromatic rings. The molecule has 0 spiro atoms. The Morgan fingerprint density at radius 3 is 2.42 bits per heavy atom. The normalized spacial score (nSPS) is 15.0. The molecule has 6 heteroatoms. The quantitative estimate of drug-likeness (QED) is 0.639. The van der Waals surface area contributed by atoms with E-state index in [1.165, 1.54) is 19.3 Å². The lowest BCUT2D eigenvalue weighted by Gasteiger charge is -2.26. The first-order chi connectivity index (χ1) is 12.6. The highest BCUT2D eigenvalue weighted by atomic mass is 35.5. The molecule has 1 fully saturated rings. The first-order valence-corrected chi connectivity index (χ1v) is 10.4. The van der Waals surface area contributed by atoms with Crippen LogP contribution in [0.25, 0.3) is 0 Å². The summed E-state index contributed by atoms with van der Waals surface area (Å²) in [6, 6.07) is 13.2. The van der Waals surface area contributed by atoms with Gasteiger partial charge in [0.1, 0.15) is 0 Å². The maximum atomic E-state index is 12.4. The van der Waals surface area contributed by atoms with Crippen molar-refractivity contribution in [1.29, 1.82) is 0 Å². The summed E-state index contributed by atoms with van der Waals surface area (Å²) in [4.78, 5) is 16.8. The van der Waals surface area contributed by atoms with Crippen molar-refractivity contribution in [2.45, 2.75) is 35.5 Å². The van der Waals surface area contributed by atoms with Crippen LogP contribution in [0.5, 0.6) is 0 Å². The number of nitrogens with zero attached hydrogens (tertiary/aromatic N) is 1. The molecule has 1 heterocycles. The highest BCUT2D eigenvalue weighted by Crippen LogP contribution is 2.35. The van der Waals surface area contributed by atoms with Gasteiger partial charge in [0.25, 0.3) is 0 Å². The van der Waals surface area contributed by atoms with Crippen molar-refractivity contribution < 1.29 is 4.79 Å². The van der Waals surface area contributed by atoms with E-state index in [1.54, 1.807) is 17.8 Å². The first-order valence-electron chi connectivity index (χ1n) is 8.85. The van der Waals surface area contributed by atoms with Crippen LogP contribution in [0.2, 0.25) is 10.0 Å². The molecule has 0 aliphatic carbocycles. The van der Waals surface area contributed by atoms with E-state index in [2.05, 4.69) is 10.2 Å². The number of carbonyl (C=O) groups is 1. The van der Waals surface area contributed by atoms with Crippen molar-refractivity contribution in [1.82, 2.24) is 4.90 Å². The Morgan fingerprint density at radius 2 is 1.69 bits per heavy atom. The molecule has 1 saturated heterocycles. The van der Waals surface area contributed by atoms with E-state index in [1.807, 2.05) is 36.4 Å². The number of rotatable bonds is 6. The number of anilines is 1. The van der Waals surface area contributed by atoms with Gasteiger partial charge in [-0.3, -0.25) is 4.79 Å². The number of hydrogen-bond acceptors (Lipinski definition) is 3. The van der Waals surface area contributed by atoms with Gasteiger partial charge in [-0.25, -0.2) is 0 Å². The second-order valence-electron chi connectivity index (χ2n) is 6.40. The van der Waals surface area contributed by atoms with Crippen LogP contribution in [-0.4, -0.2) is 30.4 Å². The standard InChI is InChI=1S/C20H22Cl2N2OS/c21-15-4-7-17(8-5-15)26-19-9-6-16(22)14-18(19)23-20(25)10-13-24-11-2-1-3-12-24/h4-9,14H,1-3,10-13H2,(H,23,25). The van der Waals surface area contributed by atoms with Crippen molar-refractivity contribution in [3.63, 3.8) is 0 Å². The Kier molecular flexibility index (Phi) is 7.26. The summed E-state index contributed by atoms with van der Waals surface area (Å²) >= 11 is 13.7. The second kappa shape index (κ2) is 9.65. The van der Waals surface area contributed by atoms with E-state index in [0.29, 0.717) is 16.5 Å². The molecule has 26 heavy (non-hydrogen) atoms. The lowest BCUT2D eigenvalue weighted by Crippen LogP contribution is -2.32. The van der Waals surface area contributed by atoms with Crippen LogP contribution in [0.4, 0.5) is 5.69 Å². The number of benzene rings is 2. The molecule has 1 aliphatic rings. The maximum absolute atomic E-state index is 12.4. The maximum Gasteiger partial charge on any atom is 0.225 e. The summed E-state index contributed by atoms with van der Waals surface area (Å²) in [5, 5.41) is 4.34. The lowest BCUT2D eigenvalue weighted by molar-refractivity contribution is -0.116. The molecule has 0 bridgehead atoms. The highest BCUT2D eigenvalue weighted by molar-refractivity contribution is 7.99. The van der Waals surface area contributed by atoms with E-state index in [0.717, 1.165) is 35.1 Å². The van der Waals surface area contributed by atoms with Crippen LogP contribution in [0.1, 0.15) is 25.7 Å². The SMILES string of the molecule is O=C(CCN1CCCCC1)Nc1cc(Cl)ccc1Sc1ccc(Cl)cc1. The average molecular weight is 409 g/mol. The smallest absolute Gasteiger partial charge is 0.225 e. The van der Waals surface area contributed by atoms with Crippen molar-refractivity contribution in [3.05, 3.63) is 52.5 Å². The minimum Gasteiger partial charge on any atom is -0.325 e. The Labute approximate surface area is 169 Å². The summed E-state index contributed by atoms with van der Waals surface area (Å²) in [6.07, 6.45) is 4.27. The predicted molar refractivity (Wildman–Crippen MR) is 111 cm³/mol. The number of carbonyl (C=O) groups excluding carboxylic acids is 1. The van der Waals surface area contributed by atoms with Gasteiger partial charge in [-0.1, -0.05) is 41.4 Å². The van der Waals surface area contributed by atoms with Crippen LogP contribution < -0.4 is 5.32 Å². The van der Waals surface area contributed by atoms with Crippen molar-refractivity contribution in [3.8, 4) is 0 Å². The molecule has 0 aromatic heterocycles. The summed E-state index contributed by atoms with van der Waals surface area (Å²) in [5.41, 5.74) is 0.751. The zero-order valence-corrected chi connectivity index (χ0v) is 16.8. The Hall–Kier alpha value is -1.20. The number of amides is 1. The fourth-order valence-corrected chi connectivity index (χ4v) is 4.15. The molecular formula is C20H22Cl2N2OS. The monoisotopic (exact) mass is 408 g/mol. The molecule has 3 rings (SSSR count). The number of piperidine rings is 1. The third-order valence-electron chi connectivity index (χ3n) is 4.36. The van der Waals surface area contributed by atoms with Gasteiger partial charge in [-0.15, -0.1) is 0 Å². The minimum atomic E-state index is 0.0239. The van der Waals surface area contributed by atoms with Crippen molar-refractivity contribution >= 4 is 46.6 Å². The number of nitrogens with one attached hydrogen (secondary N) is 1. The third-order valence-corrected chi connectivity index (χ3v) is 5.93. The van der Waals surface area contributed by atoms with Crippen LogP contribution >= 0.6 is 35.0 Å². The largest absolute Gasteiger partial charge is 0.325 e. The summed E-state index contributed by atoms with van der Waals surface area (Å²) in [5.74, 6) is 0.0239. The van der Waals surface area contributed by atoms with Gasteiger partial charge in [0, 0.05) is 32.8 Å². The van der Waals surface area contributed by atoms with E-state index in [9.17, 15) is 4.79 Å². The zero-order valence-electron chi connectivity index (χ0n) is 14.5. The van der Waals surface area contributed by atoms with E-state index >= 15 is 0 Å². The van der Waals surface area contributed by atoms with Gasteiger partial charge >= 0.3 is 0 Å². The predicted octanol–water partition coefficient (Wildman–Crippen LogP) is 5.96. The average Bonchev–Trinajstić information content (AvgIpc) is 2.65. The second-order valence-corrected chi connectivity index (χ2v) is 8.39. The molecule has 2 aromatic carbocycles. The molecule has 1 amide bonds. The first kappa shape index (κ1) is 19.6. The van der Waals surface area contributed by atoms with Gasteiger partial charge in [0.15, 0.2) is 0 Å². The van der Waals surface area contributed by atoms with Crippen LogP contribution in [-0.2, 0) is 4.79 Å². The van der Waals surface area contributed by atoms with E-state index < -0.39 is 0 Å². The number of hydrogen-bond donors (Lipinski definition) is 1. The van der Waals surface area contributed by atoms with Gasteiger partial charge in [-0.05, 0) is 68.4 Å². The third kappa shape index (κ3) is 5.92. The molecule has 0 atom stereocenters. The molecule has 1 N–H and O–H groups in total. The molecule has 0 saturated carbocycles. The van der Waals surface area contributed by atoms with Gasteiger partial charge in [0.05, 0.1) is 5.69 Å². The van der Waals surface area contributed by atoms with Crippen LogP contribution in [0, 0.1) is 0 Å². The van der Waals surface area contributed by atoms with E-state index in [4.69, 9.17) is 23.2 Å². The Balaban J connectivity index is 1.63. The fraction of sp³-hybridized carbons (Fsp3) is 0.350. The molecular weight excluding hydrogens is 387 g/mol. The topological polar surface area (TPSA) is 32.3 Å². The van der Waals surface area contributed by atoms with Crippen LogP contribution in [0.3, 0.4) is 0 Å². The van der Waals surface area contributed by atoms with E-state index in [-0.39, 0.29) is 5.91 Å². The number of halogens is 2. The summed E-state index contributed by atoms with van der Waals surface area (Å²) < 4.78 is 0. The summed E-state index contributed by atoms with van der Waals surface area (Å²) in [6.45, 7) is 3.01. The Morgan fingerprint density at radius 1 is 1.00 bits per heavy atom. The van der Waals surface area contributed by atoms with Crippen molar-refractivity contribution in [2.24, 2.45) is 0 Å². The molecule has 138 valence electrons. The summed E-state index contributed by atoms with van der Waals surface area (Å²) in [7, 11) is 0. The van der Waals surface area contributed by atoms with Gasteiger partial charge in [-0.2, -0.15) is 0 Å². The Bertz CT molecular complexity index is 746. The van der Waals surface area contributed by atoms with Gasteiger partial charge < -0.3 is 10.2 Å². The minimum absolute atomic E-state index is 0.0239. The molecule has 1 aliphatic heterocycles. The highest BCUT2D eigenvalue weighted by Gasteiger charge is 2.13. The van der Waals surface area contributed by atoms with Crippen molar-refractivity contribution in [2.75, 3.05) is 25.0 Å². The molecule has 0 unspecified atom stereocenters. The fourth-order valence-electron chi connectivity index (χ4n) is 2.97.